The summed E-state index contributed by atoms with van der Waals surface area (Å²) in [6, 6.07) is 4.02. The van der Waals surface area contributed by atoms with Gasteiger partial charge in [-0.05, 0) is 42.5 Å². The summed E-state index contributed by atoms with van der Waals surface area (Å²) in [5, 5.41) is 0. The normalized spacial score (nSPS) is 20.2. The van der Waals surface area contributed by atoms with Gasteiger partial charge in [-0.25, -0.2) is 0 Å². The molecule has 0 aliphatic carbocycles. The summed E-state index contributed by atoms with van der Waals surface area (Å²) in [7, 11) is 1.47. The maximum Gasteiger partial charge on any atom is 0.281 e. The van der Waals surface area contributed by atoms with Crippen molar-refractivity contribution in [1.29, 1.82) is 0 Å². The van der Waals surface area contributed by atoms with E-state index >= 15 is 0 Å². The van der Waals surface area contributed by atoms with Gasteiger partial charge in [-0.15, -0.1) is 0 Å². The second-order valence-corrected chi connectivity index (χ2v) is 8.81. The molecular weight excluding hydrogens is 356 g/mol. The molecule has 0 saturated carbocycles. The summed E-state index contributed by atoms with van der Waals surface area (Å²) in [4.78, 5) is 0. The maximum absolute atomic E-state index is 12.6. The molecule has 0 amide bonds. The minimum atomic E-state index is -3.40. The highest BCUT2D eigenvalue weighted by Gasteiger charge is 2.44. The maximum atomic E-state index is 12.6. The first-order chi connectivity index (χ1) is 12.4. The molecule has 0 N–H and O–H groups in total. The third kappa shape index (κ3) is 3.19. The van der Waals surface area contributed by atoms with Crippen molar-refractivity contribution in [3.8, 4) is 11.5 Å². The fraction of sp³-hybridized carbons (Fsp3) is 0.667. The number of ether oxygens (including phenoxy) is 3. The Balaban J connectivity index is 1.89. The second kappa shape index (κ2) is 7.34. The lowest BCUT2D eigenvalue weighted by Gasteiger charge is -2.45. The Labute approximate surface area is 156 Å². The molecular formula is C18H28N2O5S. The molecule has 2 aliphatic rings. The number of rotatable bonds is 5. The van der Waals surface area contributed by atoms with Crippen molar-refractivity contribution in [3.05, 3.63) is 23.3 Å². The van der Waals surface area contributed by atoms with Gasteiger partial charge in [0, 0.05) is 26.7 Å². The van der Waals surface area contributed by atoms with Gasteiger partial charge >= 0.3 is 0 Å². The van der Waals surface area contributed by atoms with E-state index in [0.29, 0.717) is 50.6 Å². The third-order valence-corrected chi connectivity index (χ3v) is 7.61. The molecule has 3 rings (SSSR count). The van der Waals surface area contributed by atoms with E-state index in [1.165, 1.54) is 9.87 Å². The van der Waals surface area contributed by atoms with E-state index in [-0.39, 0.29) is 0 Å². The van der Waals surface area contributed by atoms with Crippen LogP contribution >= 0.6 is 0 Å². The van der Waals surface area contributed by atoms with Crippen molar-refractivity contribution in [2.45, 2.75) is 31.8 Å². The lowest BCUT2D eigenvalue weighted by molar-refractivity contribution is -0.0896. The molecule has 0 radical (unpaired) electrons. The minimum Gasteiger partial charge on any atom is -0.493 e. The SMILES string of the molecule is CCN(C)S(=O)(=O)N1CCC2(CC1)OCCc1cc(OC)c(OC)cc12. The van der Waals surface area contributed by atoms with Crippen molar-refractivity contribution in [2.75, 3.05) is 47.5 Å². The topological polar surface area (TPSA) is 68.3 Å². The molecule has 2 aliphatic heterocycles. The highest BCUT2D eigenvalue weighted by atomic mass is 32.2. The second-order valence-electron chi connectivity index (χ2n) is 6.78. The van der Waals surface area contributed by atoms with Crippen LogP contribution in [-0.2, 0) is 27.0 Å². The minimum absolute atomic E-state index is 0.445. The summed E-state index contributed by atoms with van der Waals surface area (Å²) < 4.78 is 45.2. The summed E-state index contributed by atoms with van der Waals surface area (Å²) in [5.74, 6) is 1.39. The first-order valence-electron chi connectivity index (χ1n) is 8.98. The predicted molar refractivity (Wildman–Crippen MR) is 98.9 cm³/mol. The van der Waals surface area contributed by atoms with Crippen molar-refractivity contribution >= 4 is 10.2 Å². The van der Waals surface area contributed by atoms with Gasteiger partial charge in [0.1, 0.15) is 0 Å². The Kier molecular flexibility index (Phi) is 5.48. The Hall–Kier alpha value is -1.35. The van der Waals surface area contributed by atoms with E-state index in [0.717, 1.165) is 12.0 Å². The number of benzene rings is 1. The van der Waals surface area contributed by atoms with Crippen LogP contribution in [0.2, 0.25) is 0 Å². The number of piperidine rings is 1. The molecule has 0 aromatic heterocycles. The van der Waals surface area contributed by atoms with Gasteiger partial charge in [0.05, 0.1) is 26.4 Å². The highest BCUT2D eigenvalue weighted by molar-refractivity contribution is 7.86. The standard InChI is InChI=1S/C18H28N2O5S/c1-5-19(2)26(21,22)20-9-7-18(8-10-20)15-13-17(24-4)16(23-3)12-14(15)6-11-25-18/h12-13H,5-11H2,1-4H3. The molecule has 1 spiro atoms. The fourth-order valence-corrected chi connectivity index (χ4v) is 5.20. The average molecular weight is 384 g/mol. The summed E-state index contributed by atoms with van der Waals surface area (Å²) in [5.41, 5.74) is 1.84. The zero-order valence-electron chi connectivity index (χ0n) is 15.9. The van der Waals surface area contributed by atoms with E-state index in [1.807, 2.05) is 19.1 Å². The molecule has 7 nitrogen and oxygen atoms in total. The molecule has 1 saturated heterocycles. The van der Waals surface area contributed by atoms with Crippen molar-refractivity contribution in [2.24, 2.45) is 0 Å². The zero-order valence-corrected chi connectivity index (χ0v) is 16.8. The van der Waals surface area contributed by atoms with Gasteiger partial charge < -0.3 is 14.2 Å². The lowest BCUT2D eigenvalue weighted by Crippen LogP contribution is -2.51. The van der Waals surface area contributed by atoms with E-state index in [2.05, 4.69) is 0 Å². The molecule has 8 heteroatoms. The average Bonchev–Trinajstić information content (AvgIpc) is 2.67. The Morgan fingerprint density at radius 3 is 2.38 bits per heavy atom. The van der Waals surface area contributed by atoms with Gasteiger partial charge in [0.15, 0.2) is 11.5 Å². The summed E-state index contributed by atoms with van der Waals surface area (Å²) in [6.45, 7) is 3.81. The molecule has 0 atom stereocenters. The summed E-state index contributed by atoms with van der Waals surface area (Å²) >= 11 is 0. The third-order valence-electron chi connectivity index (χ3n) is 5.55. The van der Waals surface area contributed by atoms with E-state index < -0.39 is 15.8 Å². The van der Waals surface area contributed by atoms with Gasteiger partial charge in [0.2, 0.25) is 0 Å². The molecule has 26 heavy (non-hydrogen) atoms. The molecule has 2 heterocycles. The van der Waals surface area contributed by atoms with Crippen LogP contribution in [0.1, 0.15) is 30.9 Å². The molecule has 0 unspecified atom stereocenters. The first-order valence-corrected chi connectivity index (χ1v) is 10.4. The first kappa shape index (κ1) is 19.4. The number of fused-ring (bicyclic) bond motifs is 2. The number of methoxy groups -OCH3 is 2. The van der Waals surface area contributed by atoms with Crippen LogP contribution in [0.25, 0.3) is 0 Å². The largest absolute Gasteiger partial charge is 0.493 e. The van der Waals surface area contributed by atoms with Crippen LogP contribution in [0.3, 0.4) is 0 Å². The van der Waals surface area contributed by atoms with Gasteiger partial charge in [-0.3, -0.25) is 0 Å². The van der Waals surface area contributed by atoms with Crippen molar-refractivity contribution in [3.63, 3.8) is 0 Å². The summed E-state index contributed by atoms with van der Waals surface area (Å²) in [6.07, 6.45) is 2.08. The Morgan fingerprint density at radius 2 is 1.81 bits per heavy atom. The number of nitrogens with zero attached hydrogens (tertiary/aromatic N) is 2. The van der Waals surface area contributed by atoms with Crippen molar-refractivity contribution in [1.82, 2.24) is 8.61 Å². The molecule has 1 fully saturated rings. The van der Waals surface area contributed by atoms with Crippen LogP contribution in [0.4, 0.5) is 0 Å². The van der Waals surface area contributed by atoms with E-state index in [1.54, 1.807) is 25.6 Å². The molecule has 1 aromatic rings. The number of hydrogen-bond acceptors (Lipinski definition) is 5. The lowest BCUT2D eigenvalue weighted by atomic mass is 9.79. The Bertz CT molecular complexity index is 757. The molecule has 0 bridgehead atoms. The van der Waals surface area contributed by atoms with E-state index in [9.17, 15) is 8.42 Å². The zero-order chi connectivity index (χ0) is 18.9. The monoisotopic (exact) mass is 384 g/mol. The Morgan fingerprint density at radius 1 is 1.19 bits per heavy atom. The smallest absolute Gasteiger partial charge is 0.281 e. The fourth-order valence-electron chi connectivity index (χ4n) is 3.84. The van der Waals surface area contributed by atoms with Gasteiger partial charge in [-0.1, -0.05) is 6.92 Å². The highest BCUT2D eigenvalue weighted by Crippen LogP contribution is 2.45. The number of hydrogen-bond donors (Lipinski definition) is 0. The van der Waals surface area contributed by atoms with Gasteiger partial charge in [0.25, 0.3) is 10.2 Å². The predicted octanol–water partition coefficient (Wildman–Crippen LogP) is 1.76. The quantitative estimate of drug-likeness (QED) is 0.774. The van der Waals surface area contributed by atoms with Crippen LogP contribution < -0.4 is 9.47 Å². The van der Waals surface area contributed by atoms with Crippen LogP contribution in [-0.4, -0.2) is 64.5 Å². The van der Waals surface area contributed by atoms with Crippen LogP contribution in [0.5, 0.6) is 11.5 Å². The van der Waals surface area contributed by atoms with E-state index in [4.69, 9.17) is 14.2 Å². The molecule has 146 valence electrons. The van der Waals surface area contributed by atoms with Crippen LogP contribution in [0, 0.1) is 0 Å². The molecule has 1 aromatic carbocycles. The van der Waals surface area contributed by atoms with Gasteiger partial charge in [-0.2, -0.15) is 17.0 Å². The van der Waals surface area contributed by atoms with Crippen LogP contribution in [0.15, 0.2) is 12.1 Å². The van der Waals surface area contributed by atoms with Crippen molar-refractivity contribution < 1.29 is 22.6 Å².